The second kappa shape index (κ2) is 5.17. The van der Waals surface area contributed by atoms with Crippen LogP contribution >= 0.6 is 0 Å². The molecule has 0 saturated carbocycles. The van der Waals surface area contributed by atoms with E-state index in [1.165, 1.54) is 6.07 Å². The zero-order valence-corrected chi connectivity index (χ0v) is 8.36. The lowest BCUT2D eigenvalue weighted by Gasteiger charge is -2.13. The minimum Gasteiger partial charge on any atom is -0.545 e. The van der Waals surface area contributed by atoms with Crippen LogP contribution in [-0.4, -0.2) is 17.7 Å². The molecule has 0 fully saturated rings. The van der Waals surface area contributed by atoms with Gasteiger partial charge in [-0.15, -0.1) is 0 Å². The number of aromatic carboxylic acids is 1. The summed E-state index contributed by atoms with van der Waals surface area (Å²) >= 11 is 0. The number of carbonyl (C=O) groups excluding carboxylic acids is 1. The van der Waals surface area contributed by atoms with Crippen LogP contribution in [0.1, 0.15) is 17.3 Å². The number of aliphatic hydroxyl groups excluding tert-OH is 1. The minimum atomic E-state index is -1.24. The molecule has 4 nitrogen and oxygen atoms in total. The number of allylic oxidation sites excluding steroid dienone is 1. The molecule has 0 atom stereocenters. The number of hydrogen-bond donors (Lipinski definition) is 2. The summed E-state index contributed by atoms with van der Waals surface area (Å²) in [6.45, 7) is 1.58. The van der Waals surface area contributed by atoms with Crippen molar-refractivity contribution < 1.29 is 15.0 Å². The molecule has 0 radical (unpaired) electrons. The number of nitrogens with one attached hydrogen (secondary N) is 1. The first-order valence-corrected chi connectivity index (χ1v) is 4.52. The van der Waals surface area contributed by atoms with Gasteiger partial charge in [-0.25, -0.2) is 0 Å². The van der Waals surface area contributed by atoms with Gasteiger partial charge < -0.3 is 20.3 Å². The van der Waals surface area contributed by atoms with E-state index in [-0.39, 0.29) is 12.2 Å². The van der Waals surface area contributed by atoms with Crippen molar-refractivity contribution in [1.82, 2.24) is 0 Å². The number of hydrogen-bond acceptors (Lipinski definition) is 4. The fourth-order valence-electron chi connectivity index (χ4n) is 1.15. The number of para-hydroxylation sites is 1. The van der Waals surface area contributed by atoms with E-state index >= 15 is 0 Å². The zero-order valence-electron chi connectivity index (χ0n) is 8.36. The van der Waals surface area contributed by atoms with Crippen LogP contribution in [0, 0.1) is 0 Å². The van der Waals surface area contributed by atoms with E-state index in [0.717, 1.165) is 0 Å². The Bertz CT molecular complexity index is 385. The normalized spacial score (nSPS) is 11.2. The van der Waals surface area contributed by atoms with Crippen molar-refractivity contribution in [1.29, 1.82) is 0 Å². The second-order valence-corrected chi connectivity index (χ2v) is 2.93. The van der Waals surface area contributed by atoms with Crippen LogP contribution in [0.4, 0.5) is 5.69 Å². The van der Waals surface area contributed by atoms with E-state index in [1.807, 2.05) is 0 Å². The SMILES string of the molecule is C/C=C(\CO)Nc1ccccc1C(=O)[O-]. The standard InChI is InChI=1S/C11H13NO3/c1-2-8(7-13)12-10-6-4-3-5-9(10)11(14)15/h2-6,12-13H,7H2,1H3,(H,14,15)/p-1/b8-2+. The lowest BCUT2D eigenvalue weighted by molar-refractivity contribution is -0.254. The average molecular weight is 206 g/mol. The largest absolute Gasteiger partial charge is 0.545 e. The maximum Gasteiger partial charge on any atom is 0.0827 e. The molecule has 2 N–H and O–H groups in total. The highest BCUT2D eigenvalue weighted by atomic mass is 16.4. The van der Waals surface area contributed by atoms with Gasteiger partial charge in [-0.1, -0.05) is 24.3 Å². The summed E-state index contributed by atoms with van der Waals surface area (Å²) in [6, 6.07) is 6.39. The summed E-state index contributed by atoms with van der Waals surface area (Å²) in [7, 11) is 0. The Morgan fingerprint density at radius 2 is 2.20 bits per heavy atom. The highest BCUT2D eigenvalue weighted by Crippen LogP contribution is 2.15. The lowest BCUT2D eigenvalue weighted by Crippen LogP contribution is -2.23. The van der Waals surface area contributed by atoms with Crippen LogP contribution in [0.25, 0.3) is 0 Å². The van der Waals surface area contributed by atoms with Crippen molar-refractivity contribution >= 4 is 11.7 Å². The number of anilines is 1. The molecule has 0 spiro atoms. The lowest BCUT2D eigenvalue weighted by atomic mass is 10.1. The number of carboxylic acids is 1. The van der Waals surface area contributed by atoms with Crippen LogP contribution in [0.2, 0.25) is 0 Å². The first-order valence-electron chi connectivity index (χ1n) is 4.52. The van der Waals surface area contributed by atoms with Crippen LogP contribution < -0.4 is 10.4 Å². The van der Waals surface area contributed by atoms with Gasteiger partial charge in [0.1, 0.15) is 0 Å². The molecule has 0 bridgehead atoms. The predicted molar refractivity (Wildman–Crippen MR) is 55.2 cm³/mol. The maximum atomic E-state index is 10.7. The fraction of sp³-hybridized carbons (Fsp3) is 0.182. The van der Waals surface area contributed by atoms with Crippen molar-refractivity contribution in [3.63, 3.8) is 0 Å². The van der Waals surface area contributed by atoms with Gasteiger partial charge in [0.15, 0.2) is 0 Å². The van der Waals surface area contributed by atoms with E-state index in [0.29, 0.717) is 11.4 Å². The summed E-state index contributed by atoms with van der Waals surface area (Å²) in [5.41, 5.74) is 1.04. The number of rotatable bonds is 4. The Hall–Kier alpha value is -1.81. The van der Waals surface area contributed by atoms with Gasteiger partial charge in [0.25, 0.3) is 0 Å². The third-order valence-electron chi connectivity index (χ3n) is 1.96. The van der Waals surface area contributed by atoms with E-state index in [9.17, 15) is 9.90 Å². The van der Waals surface area contributed by atoms with Crippen molar-refractivity contribution in [2.24, 2.45) is 0 Å². The molecule has 0 unspecified atom stereocenters. The summed E-state index contributed by atoms with van der Waals surface area (Å²) in [5, 5.41) is 22.5. The van der Waals surface area contributed by atoms with Gasteiger partial charge in [-0.3, -0.25) is 0 Å². The highest BCUT2D eigenvalue weighted by Gasteiger charge is 2.02. The summed E-state index contributed by atoms with van der Waals surface area (Å²) in [4.78, 5) is 10.7. The quantitative estimate of drug-likeness (QED) is 0.746. The molecule has 0 aliphatic carbocycles. The van der Waals surface area contributed by atoms with Gasteiger partial charge in [0.05, 0.1) is 12.6 Å². The van der Waals surface area contributed by atoms with Crippen LogP contribution in [0.5, 0.6) is 0 Å². The van der Waals surface area contributed by atoms with Gasteiger partial charge in [-0.05, 0) is 13.0 Å². The number of carboxylic acid groups (broad SMARTS) is 1. The van der Waals surface area contributed by atoms with Crippen molar-refractivity contribution in [2.75, 3.05) is 11.9 Å². The Morgan fingerprint density at radius 1 is 1.53 bits per heavy atom. The fourth-order valence-corrected chi connectivity index (χ4v) is 1.15. The molecule has 15 heavy (non-hydrogen) atoms. The molecule has 0 heterocycles. The zero-order chi connectivity index (χ0) is 11.3. The van der Waals surface area contributed by atoms with Crippen molar-refractivity contribution in [3.05, 3.63) is 41.6 Å². The number of carbonyl (C=O) groups is 1. The number of benzene rings is 1. The maximum absolute atomic E-state index is 10.7. The number of aliphatic hydroxyl groups is 1. The predicted octanol–water partition coefficient (Wildman–Crippen LogP) is 0.358. The van der Waals surface area contributed by atoms with E-state index in [4.69, 9.17) is 5.11 Å². The summed E-state index contributed by atoms with van der Waals surface area (Å²) < 4.78 is 0. The first-order chi connectivity index (χ1) is 7.19. The molecule has 80 valence electrons. The van der Waals surface area contributed by atoms with Crippen molar-refractivity contribution in [3.8, 4) is 0 Å². The van der Waals surface area contributed by atoms with Gasteiger partial charge >= 0.3 is 0 Å². The molecule has 0 aliphatic rings. The van der Waals surface area contributed by atoms with E-state index < -0.39 is 5.97 Å². The average Bonchev–Trinajstić information content (AvgIpc) is 2.26. The summed E-state index contributed by atoms with van der Waals surface area (Å²) in [6.07, 6.45) is 1.67. The van der Waals surface area contributed by atoms with Crippen LogP contribution in [0.3, 0.4) is 0 Å². The third-order valence-corrected chi connectivity index (χ3v) is 1.96. The highest BCUT2D eigenvalue weighted by molar-refractivity contribution is 5.93. The third kappa shape index (κ3) is 2.82. The van der Waals surface area contributed by atoms with Crippen molar-refractivity contribution in [2.45, 2.75) is 6.92 Å². The van der Waals surface area contributed by atoms with Gasteiger partial charge in [0.2, 0.25) is 0 Å². The Labute approximate surface area is 87.9 Å². The smallest absolute Gasteiger partial charge is 0.0827 e. The first kappa shape index (κ1) is 11.3. The molecule has 4 heteroatoms. The molecule has 0 aliphatic heterocycles. The molecular formula is C11H12NO3-. The van der Waals surface area contributed by atoms with E-state index in [2.05, 4.69) is 5.32 Å². The molecule has 1 aromatic carbocycles. The monoisotopic (exact) mass is 206 g/mol. The molecule has 0 amide bonds. The Kier molecular flexibility index (Phi) is 3.88. The topological polar surface area (TPSA) is 72.4 Å². The molecule has 1 aromatic rings. The minimum absolute atomic E-state index is 0.0744. The molecular weight excluding hydrogens is 194 g/mol. The summed E-state index contributed by atoms with van der Waals surface area (Å²) in [5.74, 6) is -1.24. The molecule has 0 aromatic heterocycles. The van der Waals surface area contributed by atoms with Gasteiger partial charge in [0, 0.05) is 16.9 Å². The molecule has 0 saturated heterocycles. The van der Waals surface area contributed by atoms with Crippen LogP contribution in [0.15, 0.2) is 36.0 Å². The Balaban J connectivity index is 2.99. The van der Waals surface area contributed by atoms with E-state index in [1.54, 1.807) is 31.2 Å². The second-order valence-electron chi connectivity index (χ2n) is 2.93. The van der Waals surface area contributed by atoms with Crippen LogP contribution in [-0.2, 0) is 0 Å². The van der Waals surface area contributed by atoms with Gasteiger partial charge in [-0.2, -0.15) is 0 Å². The molecule has 1 rings (SSSR count). The Morgan fingerprint density at radius 3 is 2.73 bits per heavy atom.